The van der Waals surface area contributed by atoms with E-state index in [4.69, 9.17) is 0 Å². The highest BCUT2D eigenvalue weighted by atomic mass is 127. The van der Waals surface area contributed by atoms with E-state index in [1.54, 1.807) is 4.90 Å². The van der Waals surface area contributed by atoms with Crippen LogP contribution < -0.4 is 10.6 Å². The Bertz CT molecular complexity index is 602. The van der Waals surface area contributed by atoms with Gasteiger partial charge in [0.2, 0.25) is 5.91 Å². The summed E-state index contributed by atoms with van der Waals surface area (Å²) in [6.07, 6.45) is -2.00. The molecule has 2 heterocycles. The molecule has 0 radical (unpaired) electrons. The van der Waals surface area contributed by atoms with Crippen molar-refractivity contribution in [3.63, 3.8) is 0 Å². The van der Waals surface area contributed by atoms with Crippen LogP contribution in [0.15, 0.2) is 10.4 Å². The van der Waals surface area contributed by atoms with E-state index in [2.05, 4.69) is 20.6 Å². The summed E-state index contributed by atoms with van der Waals surface area (Å²) in [5.74, 6) is 0.465. The number of nitrogens with one attached hydrogen (secondary N) is 2. The van der Waals surface area contributed by atoms with Gasteiger partial charge in [-0.15, -0.1) is 35.3 Å². The van der Waals surface area contributed by atoms with E-state index >= 15 is 0 Å². The largest absolute Gasteiger partial charge is 0.434 e. The van der Waals surface area contributed by atoms with E-state index in [1.165, 1.54) is 0 Å². The summed E-state index contributed by atoms with van der Waals surface area (Å²) in [5, 5.41) is 7.46. The molecule has 0 bridgehead atoms. The summed E-state index contributed by atoms with van der Waals surface area (Å²) in [6, 6.07) is 0. The molecule has 26 heavy (non-hydrogen) atoms. The predicted octanol–water partition coefficient (Wildman–Crippen LogP) is 2.50. The number of amides is 1. The number of hydrogen-bond acceptors (Lipinski definition) is 4. The summed E-state index contributed by atoms with van der Waals surface area (Å²) in [4.78, 5) is 21.6. The van der Waals surface area contributed by atoms with Gasteiger partial charge in [0.15, 0.2) is 11.7 Å². The first kappa shape index (κ1) is 22.9. The van der Waals surface area contributed by atoms with Crippen molar-refractivity contribution in [2.24, 2.45) is 4.99 Å². The number of carbonyl (C=O) groups excluding carboxylic acids is 1. The molecule has 0 spiro atoms. The first-order chi connectivity index (χ1) is 11.9. The molecule has 11 heteroatoms. The Balaban J connectivity index is 0.00000338. The molecule has 0 aliphatic carbocycles. The topological polar surface area (TPSA) is 69.6 Å². The molecule has 1 aliphatic rings. The molecule has 1 aromatic rings. The highest BCUT2D eigenvalue weighted by molar-refractivity contribution is 14.0. The quantitative estimate of drug-likeness (QED) is 0.354. The predicted molar refractivity (Wildman–Crippen MR) is 106 cm³/mol. The Morgan fingerprint density at radius 3 is 2.62 bits per heavy atom. The van der Waals surface area contributed by atoms with Crippen molar-refractivity contribution >= 4 is 47.2 Å². The van der Waals surface area contributed by atoms with Gasteiger partial charge in [-0.2, -0.15) is 13.2 Å². The monoisotopic (exact) mass is 505 g/mol. The highest BCUT2D eigenvalue weighted by Gasteiger charge is 2.33. The van der Waals surface area contributed by atoms with Crippen molar-refractivity contribution in [2.75, 3.05) is 32.7 Å². The smallest absolute Gasteiger partial charge is 0.357 e. The molecule has 0 unspecified atom stereocenters. The number of alkyl halides is 3. The van der Waals surface area contributed by atoms with E-state index in [0.29, 0.717) is 30.5 Å². The number of halogens is 4. The molecule has 1 fully saturated rings. The van der Waals surface area contributed by atoms with Crippen LogP contribution in [0.3, 0.4) is 0 Å². The standard InChI is InChI=1S/C15H22F3N5OS.HI/c1-2-19-14(21-9-13(24)23-7-3-4-8-23)20-6-5-12-22-11(10-25-12)15(16,17)18;/h10H,2-9H2,1H3,(H2,19,20,21);1H. The van der Waals surface area contributed by atoms with Gasteiger partial charge in [-0.3, -0.25) is 4.79 Å². The molecule has 2 N–H and O–H groups in total. The van der Waals surface area contributed by atoms with E-state index < -0.39 is 11.9 Å². The lowest BCUT2D eigenvalue weighted by Gasteiger charge is -2.15. The lowest BCUT2D eigenvalue weighted by molar-refractivity contribution is -0.140. The van der Waals surface area contributed by atoms with Crippen LogP contribution in [0.4, 0.5) is 13.2 Å². The summed E-state index contributed by atoms with van der Waals surface area (Å²) in [5.41, 5.74) is -0.857. The highest BCUT2D eigenvalue weighted by Crippen LogP contribution is 2.29. The Hall–Kier alpha value is -1.11. The Morgan fingerprint density at radius 2 is 2.04 bits per heavy atom. The van der Waals surface area contributed by atoms with Gasteiger partial charge in [-0.25, -0.2) is 9.98 Å². The second-order valence-corrected chi connectivity index (χ2v) is 6.53. The van der Waals surface area contributed by atoms with Crippen molar-refractivity contribution in [1.82, 2.24) is 20.5 Å². The molecule has 1 aliphatic heterocycles. The minimum atomic E-state index is -4.41. The number of nitrogens with zero attached hydrogens (tertiary/aromatic N) is 3. The first-order valence-electron chi connectivity index (χ1n) is 8.21. The molecule has 148 valence electrons. The number of guanidine groups is 1. The third kappa shape index (κ3) is 7.25. The molecule has 1 amide bonds. The molecule has 1 saturated heterocycles. The first-order valence-corrected chi connectivity index (χ1v) is 9.09. The van der Waals surface area contributed by atoms with Crippen LogP contribution in [0.5, 0.6) is 0 Å². The normalized spacial score (nSPS) is 14.9. The van der Waals surface area contributed by atoms with Crippen molar-refractivity contribution < 1.29 is 18.0 Å². The summed E-state index contributed by atoms with van der Waals surface area (Å²) >= 11 is 0.984. The molecule has 1 aromatic heterocycles. The van der Waals surface area contributed by atoms with Crippen molar-refractivity contribution in [3.8, 4) is 0 Å². The van der Waals surface area contributed by atoms with Gasteiger partial charge in [-0.1, -0.05) is 0 Å². The average molecular weight is 505 g/mol. The zero-order chi connectivity index (χ0) is 18.3. The number of carbonyl (C=O) groups is 1. The van der Waals surface area contributed by atoms with E-state index in [9.17, 15) is 18.0 Å². The van der Waals surface area contributed by atoms with Gasteiger partial charge in [-0.05, 0) is 19.8 Å². The molecule has 0 saturated carbocycles. The lowest BCUT2D eigenvalue weighted by Crippen LogP contribution is -2.39. The van der Waals surface area contributed by atoms with Crippen LogP contribution in [0.1, 0.15) is 30.5 Å². The second kappa shape index (κ2) is 10.9. The molecular formula is C15H23F3IN5OS. The van der Waals surface area contributed by atoms with Crippen molar-refractivity contribution in [1.29, 1.82) is 0 Å². The van der Waals surface area contributed by atoms with Crippen LogP contribution in [0, 0.1) is 0 Å². The Labute approximate surface area is 171 Å². The summed E-state index contributed by atoms with van der Waals surface area (Å²) < 4.78 is 37.6. The van der Waals surface area contributed by atoms with Crippen LogP contribution >= 0.6 is 35.3 Å². The number of rotatable bonds is 6. The van der Waals surface area contributed by atoms with E-state index in [1.807, 2.05) is 6.92 Å². The SMILES string of the molecule is CCNC(=NCC(=O)N1CCCC1)NCCc1nc(C(F)(F)F)cs1.I. The zero-order valence-corrected chi connectivity index (χ0v) is 17.6. The summed E-state index contributed by atoms with van der Waals surface area (Å²) in [7, 11) is 0. The number of aliphatic imine (C=N–C) groups is 1. The third-order valence-corrected chi connectivity index (χ3v) is 4.56. The average Bonchev–Trinajstić information content (AvgIpc) is 3.23. The molecule has 0 aromatic carbocycles. The zero-order valence-electron chi connectivity index (χ0n) is 14.4. The maximum absolute atomic E-state index is 12.5. The number of thiazole rings is 1. The van der Waals surface area contributed by atoms with Crippen molar-refractivity contribution in [3.05, 3.63) is 16.1 Å². The Morgan fingerprint density at radius 1 is 1.35 bits per heavy atom. The third-order valence-electron chi connectivity index (χ3n) is 3.65. The van der Waals surface area contributed by atoms with Gasteiger partial charge in [0.25, 0.3) is 0 Å². The van der Waals surface area contributed by atoms with Crippen LogP contribution in [0.25, 0.3) is 0 Å². The minimum Gasteiger partial charge on any atom is -0.357 e. The van der Waals surface area contributed by atoms with Gasteiger partial charge in [0.05, 0.1) is 5.01 Å². The molecule has 6 nitrogen and oxygen atoms in total. The maximum Gasteiger partial charge on any atom is 0.434 e. The molecule has 2 rings (SSSR count). The van der Waals surface area contributed by atoms with Crippen LogP contribution in [-0.4, -0.2) is 54.5 Å². The van der Waals surface area contributed by atoms with Crippen LogP contribution in [0.2, 0.25) is 0 Å². The minimum absolute atomic E-state index is 0. The fourth-order valence-corrected chi connectivity index (χ4v) is 3.20. The molecular weight excluding hydrogens is 482 g/mol. The lowest BCUT2D eigenvalue weighted by atomic mass is 10.4. The second-order valence-electron chi connectivity index (χ2n) is 5.58. The van der Waals surface area contributed by atoms with Gasteiger partial charge in [0.1, 0.15) is 6.54 Å². The maximum atomic E-state index is 12.5. The van der Waals surface area contributed by atoms with E-state index in [0.717, 1.165) is 42.6 Å². The molecule has 0 atom stereocenters. The summed E-state index contributed by atoms with van der Waals surface area (Å²) in [6.45, 7) is 4.53. The number of hydrogen-bond donors (Lipinski definition) is 2. The van der Waals surface area contributed by atoms with Crippen molar-refractivity contribution in [2.45, 2.75) is 32.4 Å². The van der Waals surface area contributed by atoms with Gasteiger partial charge in [0, 0.05) is 38.0 Å². The fraction of sp³-hybridized carbons (Fsp3) is 0.667. The van der Waals surface area contributed by atoms with Crippen LogP contribution in [-0.2, 0) is 17.4 Å². The Kier molecular flexibility index (Phi) is 9.61. The number of likely N-dealkylation sites (tertiary alicyclic amines) is 1. The number of aromatic nitrogens is 1. The van der Waals surface area contributed by atoms with Gasteiger partial charge < -0.3 is 15.5 Å². The fourth-order valence-electron chi connectivity index (χ4n) is 2.40. The van der Waals surface area contributed by atoms with Gasteiger partial charge >= 0.3 is 6.18 Å². The van der Waals surface area contributed by atoms with E-state index in [-0.39, 0.29) is 36.4 Å².